The summed E-state index contributed by atoms with van der Waals surface area (Å²) in [7, 11) is -3.56. The van der Waals surface area contributed by atoms with Gasteiger partial charge < -0.3 is 9.32 Å². The highest BCUT2D eigenvalue weighted by Gasteiger charge is 2.31. The number of nitrogens with zero attached hydrogens (tertiary/aromatic N) is 6. The summed E-state index contributed by atoms with van der Waals surface area (Å²) >= 11 is 0. The number of sulfonamides is 1. The van der Waals surface area contributed by atoms with Crippen molar-refractivity contribution in [3.63, 3.8) is 0 Å². The van der Waals surface area contributed by atoms with Crippen molar-refractivity contribution in [3.8, 4) is 11.6 Å². The summed E-state index contributed by atoms with van der Waals surface area (Å²) in [5.74, 6) is 1.81. The van der Waals surface area contributed by atoms with Crippen LogP contribution in [0.15, 0.2) is 76.2 Å². The van der Waals surface area contributed by atoms with Gasteiger partial charge in [-0.3, -0.25) is 0 Å². The highest BCUT2D eigenvalue weighted by atomic mass is 32.2. The SMILES string of the molecule is Cc1cccc(S(=O)(=O)N2CCN(c3nc4ccccc4c4nnc(-c5ccco5)n34)CC2)c1. The second-order valence-corrected chi connectivity index (χ2v) is 10.2. The predicted octanol–water partition coefficient (Wildman–Crippen LogP) is 3.36. The molecule has 34 heavy (non-hydrogen) atoms. The van der Waals surface area contributed by atoms with E-state index in [2.05, 4.69) is 15.1 Å². The van der Waals surface area contributed by atoms with E-state index in [9.17, 15) is 8.42 Å². The molecule has 9 nitrogen and oxygen atoms in total. The number of aryl methyl sites for hydroxylation is 1. The van der Waals surface area contributed by atoms with E-state index in [1.807, 2.05) is 47.7 Å². The predicted molar refractivity (Wildman–Crippen MR) is 128 cm³/mol. The van der Waals surface area contributed by atoms with E-state index in [0.717, 1.165) is 16.5 Å². The van der Waals surface area contributed by atoms with Gasteiger partial charge in [-0.2, -0.15) is 4.31 Å². The first-order valence-corrected chi connectivity index (χ1v) is 12.5. The molecule has 0 aliphatic carbocycles. The third kappa shape index (κ3) is 3.34. The second-order valence-electron chi connectivity index (χ2n) is 8.30. The van der Waals surface area contributed by atoms with Crippen molar-refractivity contribution in [3.05, 3.63) is 72.5 Å². The van der Waals surface area contributed by atoms with Crippen LogP contribution < -0.4 is 4.90 Å². The number of piperazine rings is 1. The minimum absolute atomic E-state index is 0.325. The third-order valence-corrected chi connectivity index (χ3v) is 8.01. The van der Waals surface area contributed by atoms with Crippen LogP contribution in [0.2, 0.25) is 0 Å². The van der Waals surface area contributed by atoms with Crippen molar-refractivity contribution in [1.82, 2.24) is 23.9 Å². The van der Waals surface area contributed by atoms with Crippen molar-refractivity contribution in [2.24, 2.45) is 0 Å². The van der Waals surface area contributed by atoms with Crippen LogP contribution in [0.4, 0.5) is 5.95 Å². The molecule has 0 radical (unpaired) electrons. The highest BCUT2D eigenvalue weighted by molar-refractivity contribution is 7.89. The maximum Gasteiger partial charge on any atom is 0.243 e. The van der Waals surface area contributed by atoms with E-state index in [4.69, 9.17) is 9.40 Å². The van der Waals surface area contributed by atoms with Crippen molar-refractivity contribution < 1.29 is 12.8 Å². The monoisotopic (exact) mass is 474 g/mol. The molecule has 1 fully saturated rings. The Morgan fingerprint density at radius 3 is 2.50 bits per heavy atom. The quantitative estimate of drug-likeness (QED) is 0.394. The van der Waals surface area contributed by atoms with Gasteiger partial charge in [0.25, 0.3) is 0 Å². The Labute approximate surface area is 196 Å². The minimum atomic E-state index is -3.56. The van der Waals surface area contributed by atoms with Crippen LogP contribution in [0.1, 0.15) is 5.56 Å². The number of anilines is 1. The molecule has 0 unspecified atom stereocenters. The topological polar surface area (TPSA) is 96.8 Å². The lowest BCUT2D eigenvalue weighted by Gasteiger charge is -2.35. The number of para-hydroxylation sites is 1. The molecule has 3 aromatic heterocycles. The first kappa shape index (κ1) is 20.8. The molecular formula is C24H22N6O3S. The minimum Gasteiger partial charge on any atom is -0.461 e. The molecule has 10 heteroatoms. The highest BCUT2D eigenvalue weighted by Crippen LogP contribution is 2.29. The number of rotatable bonds is 4. The zero-order chi connectivity index (χ0) is 23.3. The molecule has 1 saturated heterocycles. The van der Waals surface area contributed by atoms with Gasteiger partial charge in [-0.05, 0) is 48.9 Å². The number of hydrogen-bond acceptors (Lipinski definition) is 7. The van der Waals surface area contributed by atoms with Crippen molar-refractivity contribution in [2.45, 2.75) is 11.8 Å². The smallest absolute Gasteiger partial charge is 0.243 e. The van der Waals surface area contributed by atoms with Crippen LogP contribution >= 0.6 is 0 Å². The lowest BCUT2D eigenvalue weighted by atomic mass is 10.2. The molecule has 1 aliphatic rings. The van der Waals surface area contributed by atoms with Crippen LogP contribution in [0.25, 0.3) is 28.1 Å². The normalized spacial score (nSPS) is 15.4. The molecule has 6 rings (SSSR count). The Kier molecular flexibility index (Phi) is 4.85. The number of fused-ring (bicyclic) bond motifs is 3. The number of furan rings is 1. The van der Waals surface area contributed by atoms with Gasteiger partial charge in [-0.15, -0.1) is 10.2 Å². The fourth-order valence-electron chi connectivity index (χ4n) is 4.40. The summed E-state index contributed by atoms with van der Waals surface area (Å²) in [5.41, 5.74) is 2.40. The Bertz CT molecular complexity index is 1600. The van der Waals surface area contributed by atoms with Gasteiger partial charge >= 0.3 is 0 Å². The molecule has 172 valence electrons. The van der Waals surface area contributed by atoms with Crippen LogP contribution in [-0.4, -0.2) is 58.5 Å². The molecule has 2 aromatic carbocycles. The maximum absolute atomic E-state index is 13.2. The number of aromatic nitrogens is 4. The summed E-state index contributed by atoms with van der Waals surface area (Å²) in [4.78, 5) is 7.33. The van der Waals surface area contributed by atoms with Crippen molar-refractivity contribution in [2.75, 3.05) is 31.1 Å². The van der Waals surface area contributed by atoms with E-state index in [1.165, 1.54) is 4.31 Å². The largest absolute Gasteiger partial charge is 0.461 e. The molecule has 5 aromatic rings. The molecular weight excluding hydrogens is 452 g/mol. The maximum atomic E-state index is 13.2. The van der Waals surface area contributed by atoms with Crippen LogP contribution in [-0.2, 0) is 10.0 Å². The van der Waals surface area contributed by atoms with E-state index >= 15 is 0 Å². The molecule has 1 aliphatic heterocycles. The zero-order valence-electron chi connectivity index (χ0n) is 18.5. The number of benzene rings is 2. The van der Waals surface area contributed by atoms with Gasteiger partial charge in [0.2, 0.25) is 21.8 Å². The van der Waals surface area contributed by atoms with Crippen molar-refractivity contribution >= 4 is 32.5 Å². The molecule has 0 saturated carbocycles. The van der Waals surface area contributed by atoms with E-state index in [1.54, 1.807) is 30.5 Å². The summed E-state index contributed by atoms with van der Waals surface area (Å²) < 4.78 is 35.4. The molecule has 0 amide bonds. The first-order chi connectivity index (χ1) is 16.5. The van der Waals surface area contributed by atoms with Gasteiger partial charge in [0, 0.05) is 31.6 Å². The number of hydrogen-bond donors (Lipinski definition) is 0. The van der Waals surface area contributed by atoms with Crippen LogP contribution in [0.5, 0.6) is 0 Å². The second kappa shape index (κ2) is 7.93. The van der Waals surface area contributed by atoms with Gasteiger partial charge in [0.05, 0.1) is 16.7 Å². The first-order valence-electron chi connectivity index (χ1n) is 11.0. The molecule has 0 N–H and O–H groups in total. The lowest BCUT2D eigenvalue weighted by molar-refractivity contribution is 0.382. The van der Waals surface area contributed by atoms with E-state index in [0.29, 0.717) is 54.3 Å². The fraction of sp³-hybridized carbons (Fsp3) is 0.208. The molecule has 0 spiro atoms. The summed E-state index contributed by atoms with van der Waals surface area (Å²) in [6.07, 6.45) is 1.60. The van der Waals surface area contributed by atoms with Gasteiger partial charge in [0.1, 0.15) is 0 Å². The Hall–Kier alpha value is -3.76. The molecule has 0 bridgehead atoms. The summed E-state index contributed by atoms with van der Waals surface area (Å²) in [6.45, 7) is 3.57. The van der Waals surface area contributed by atoms with Gasteiger partial charge in [-0.25, -0.2) is 17.8 Å². The Morgan fingerprint density at radius 1 is 0.912 bits per heavy atom. The van der Waals surface area contributed by atoms with E-state index < -0.39 is 10.0 Å². The van der Waals surface area contributed by atoms with E-state index in [-0.39, 0.29) is 0 Å². The summed E-state index contributed by atoms with van der Waals surface area (Å²) in [6, 6.07) is 18.5. The third-order valence-electron chi connectivity index (χ3n) is 6.12. The average molecular weight is 475 g/mol. The average Bonchev–Trinajstić information content (AvgIpc) is 3.54. The lowest BCUT2D eigenvalue weighted by Crippen LogP contribution is -2.49. The van der Waals surface area contributed by atoms with Crippen molar-refractivity contribution in [1.29, 1.82) is 0 Å². The molecule has 4 heterocycles. The van der Waals surface area contributed by atoms with Crippen LogP contribution in [0.3, 0.4) is 0 Å². The standard InChI is InChI=1S/C24H22N6O3S/c1-17-6-4-7-18(16-17)34(31,32)29-13-11-28(12-14-29)24-25-20-9-3-2-8-19(20)22-26-27-23(30(22)24)21-10-5-15-33-21/h2-10,15-16H,11-14H2,1H3. The van der Waals surface area contributed by atoms with Gasteiger partial charge in [-0.1, -0.05) is 24.3 Å². The Balaban J connectivity index is 1.39. The van der Waals surface area contributed by atoms with Gasteiger partial charge in [0.15, 0.2) is 11.4 Å². The summed E-state index contributed by atoms with van der Waals surface area (Å²) in [5, 5.41) is 9.72. The van der Waals surface area contributed by atoms with Crippen LogP contribution in [0, 0.1) is 6.92 Å². The Morgan fingerprint density at radius 2 is 1.74 bits per heavy atom. The fourth-order valence-corrected chi connectivity index (χ4v) is 5.92. The molecule has 0 atom stereocenters. The zero-order valence-corrected chi connectivity index (χ0v) is 19.3.